The van der Waals surface area contributed by atoms with E-state index in [1.165, 1.54) is 32.1 Å². The molecule has 0 amide bonds. The van der Waals surface area contributed by atoms with E-state index < -0.39 is 6.10 Å². The van der Waals surface area contributed by atoms with Crippen LogP contribution in [-0.2, 0) is 14.3 Å². The van der Waals surface area contributed by atoms with Crippen molar-refractivity contribution in [2.45, 2.75) is 129 Å². The highest BCUT2D eigenvalue weighted by atomic mass is 16.6. The second kappa shape index (κ2) is 34.8. The van der Waals surface area contributed by atoms with Gasteiger partial charge >= 0.3 is 5.97 Å². The lowest BCUT2D eigenvalue weighted by Gasteiger charge is -2.15. The van der Waals surface area contributed by atoms with Crippen LogP contribution in [0.15, 0.2) is 85.1 Å². The number of esters is 1. The van der Waals surface area contributed by atoms with E-state index in [4.69, 9.17) is 9.47 Å². The number of carbonyl (C=O) groups excluding carboxylic acids is 1. The van der Waals surface area contributed by atoms with Crippen molar-refractivity contribution in [1.82, 2.24) is 0 Å². The molecule has 42 heavy (non-hydrogen) atoms. The van der Waals surface area contributed by atoms with Gasteiger partial charge in [-0.3, -0.25) is 4.79 Å². The maximum Gasteiger partial charge on any atom is 0.306 e. The van der Waals surface area contributed by atoms with Gasteiger partial charge in [-0.05, 0) is 70.6 Å². The van der Waals surface area contributed by atoms with Crippen LogP contribution in [0.5, 0.6) is 0 Å². The molecular weight excluding hydrogens is 520 g/mol. The van der Waals surface area contributed by atoms with E-state index in [0.717, 1.165) is 70.6 Å². The summed E-state index contributed by atoms with van der Waals surface area (Å²) >= 11 is 0. The number of aliphatic hydroxyl groups excluding tert-OH is 1. The molecule has 0 spiro atoms. The lowest BCUT2D eigenvalue weighted by Crippen LogP contribution is -2.27. The maximum atomic E-state index is 12.1. The quantitative estimate of drug-likeness (QED) is 0.0541. The average Bonchev–Trinajstić information content (AvgIpc) is 3.00. The summed E-state index contributed by atoms with van der Waals surface area (Å²) in [7, 11) is 0. The topological polar surface area (TPSA) is 55.8 Å². The Kier molecular flexibility index (Phi) is 32.8. The predicted molar refractivity (Wildman–Crippen MR) is 182 cm³/mol. The molecular formula is C38H62O4. The smallest absolute Gasteiger partial charge is 0.306 e. The third kappa shape index (κ3) is 32.1. The van der Waals surface area contributed by atoms with Gasteiger partial charge in [0.25, 0.3) is 0 Å². The van der Waals surface area contributed by atoms with Gasteiger partial charge in [-0.25, -0.2) is 0 Å². The first-order chi connectivity index (χ1) is 20.7. The van der Waals surface area contributed by atoms with E-state index >= 15 is 0 Å². The number of allylic oxidation sites excluding steroid dienone is 13. The molecule has 0 heterocycles. The van der Waals surface area contributed by atoms with Gasteiger partial charge in [-0.2, -0.15) is 0 Å². The largest absolute Gasteiger partial charge is 0.457 e. The highest BCUT2D eigenvalue weighted by Gasteiger charge is 2.13. The number of rotatable bonds is 29. The molecule has 1 unspecified atom stereocenters. The molecule has 0 aromatic carbocycles. The monoisotopic (exact) mass is 582 g/mol. The Balaban J connectivity index is 3.66. The molecule has 4 nitrogen and oxygen atoms in total. The maximum absolute atomic E-state index is 12.1. The zero-order chi connectivity index (χ0) is 30.6. The van der Waals surface area contributed by atoms with Crippen LogP contribution in [0.1, 0.15) is 123 Å². The van der Waals surface area contributed by atoms with Crippen LogP contribution in [0, 0.1) is 0 Å². The van der Waals surface area contributed by atoms with Crippen molar-refractivity contribution in [2.75, 3.05) is 19.8 Å². The van der Waals surface area contributed by atoms with Gasteiger partial charge in [-0.15, -0.1) is 0 Å². The third-order valence-electron chi connectivity index (χ3n) is 6.47. The Labute approximate surface area is 259 Å². The van der Waals surface area contributed by atoms with Gasteiger partial charge in [0, 0.05) is 6.42 Å². The summed E-state index contributed by atoms with van der Waals surface area (Å²) in [6, 6.07) is 0. The number of hydrogen-bond donors (Lipinski definition) is 1. The zero-order valence-electron chi connectivity index (χ0n) is 27.0. The van der Waals surface area contributed by atoms with E-state index in [2.05, 4.69) is 98.9 Å². The summed E-state index contributed by atoms with van der Waals surface area (Å²) in [6.45, 7) is 4.94. The van der Waals surface area contributed by atoms with Gasteiger partial charge in [0.15, 0.2) is 0 Å². The van der Waals surface area contributed by atoms with Crippen LogP contribution in [0.25, 0.3) is 0 Å². The highest BCUT2D eigenvalue weighted by molar-refractivity contribution is 5.69. The molecule has 0 aliphatic carbocycles. The number of hydrogen-bond acceptors (Lipinski definition) is 4. The van der Waals surface area contributed by atoms with Crippen LogP contribution in [-0.4, -0.2) is 37.0 Å². The Morgan fingerprint density at radius 1 is 0.595 bits per heavy atom. The van der Waals surface area contributed by atoms with Crippen molar-refractivity contribution in [1.29, 1.82) is 0 Å². The van der Waals surface area contributed by atoms with Crippen LogP contribution in [0.2, 0.25) is 0 Å². The molecule has 0 aromatic heterocycles. The second-order valence-corrected chi connectivity index (χ2v) is 10.5. The molecule has 0 bridgehead atoms. The standard InChI is InChI=1S/C38H62O4/c1-3-5-7-9-11-13-15-17-19-20-22-24-26-28-30-32-34-41-36-37(35-39)42-38(40)33-31-29-27-25-23-21-18-16-14-12-10-8-6-4-2/h5,7,10-13,16-19,22,24,28,30,37,39H,3-4,6,8-9,14-15,20-21,23,25-27,29,31-36H2,1-2H3/b7-5-,12-10-,13-11-,18-16-,19-17-,24-22-,30-28-. The first-order valence-corrected chi connectivity index (χ1v) is 16.7. The van der Waals surface area contributed by atoms with Gasteiger partial charge in [0.1, 0.15) is 6.10 Å². The number of carbonyl (C=O) groups is 1. The molecule has 0 rings (SSSR count). The van der Waals surface area contributed by atoms with Gasteiger partial charge < -0.3 is 14.6 Å². The van der Waals surface area contributed by atoms with Crippen LogP contribution in [0.4, 0.5) is 0 Å². The van der Waals surface area contributed by atoms with Crippen molar-refractivity contribution in [3.63, 3.8) is 0 Å². The minimum absolute atomic E-state index is 0.213. The second-order valence-electron chi connectivity index (χ2n) is 10.5. The molecule has 0 aliphatic heterocycles. The third-order valence-corrected chi connectivity index (χ3v) is 6.47. The molecule has 0 fully saturated rings. The van der Waals surface area contributed by atoms with Crippen LogP contribution >= 0.6 is 0 Å². The Morgan fingerprint density at radius 2 is 1.07 bits per heavy atom. The number of unbranched alkanes of at least 4 members (excludes halogenated alkanes) is 7. The van der Waals surface area contributed by atoms with Crippen LogP contribution in [0.3, 0.4) is 0 Å². The summed E-state index contributed by atoms with van der Waals surface area (Å²) < 4.78 is 11.0. The SMILES string of the molecule is CC/C=C\C/C=C\C/C=C\C/C=C\C/C=C\CCOCC(CO)OC(=O)CCCCCCC/C=C\C/C=C\CCCC. The molecule has 0 aromatic rings. The molecule has 238 valence electrons. The molecule has 4 heteroatoms. The minimum atomic E-state index is -0.584. The van der Waals surface area contributed by atoms with E-state index in [-0.39, 0.29) is 19.2 Å². The summed E-state index contributed by atoms with van der Waals surface area (Å²) in [5, 5.41) is 9.51. The fraction of sp³-hybridized carbons (Fsp3) is 0.605. The Bertz CT molecular complexity index is 785. The highest BCUT2D eigenvalue weighted by Crippen LogP contribution is 2.09. The summed E-state index contributed by atoms with van der Waals surface area (Å²) in [5.41, 5.74) is 0. The summed E-state index contributed by atoms with van der Waals surface area (Å²) in [5.74, 6) is -0.245. The van der Waals surface area contributed by atoms with Crippen molar-refractivity contribution in [3.8, 4) is 0 Å². The first-order valence-electron chi connectivity index (χ1n) is 16.7. The summed E-state index contributed by atoms with van der Waals surface area (Å²) in [4.78, 5) is 12.1. The van der Waals surface area contributed by atoms with Crippen molar-refractivity contribution < 1.29 is 19.4 Å². The Morgan fingerprint density at radius 3 is 1.62 bits per heavy atom. The average molecular weight is 583 g/mol. The molecule has 0 radical (unpaired) electrons. The Hall–Kier alpha value is -2.43. The van der Waals surface area contributed by atoms with Crippen LogP contribution < -0.4 is 0 Å². The fourth-order valence-electron chi connectivity index (χ4n) is 3.99. The molecule has 0 saturated heterocycles. The number of aliphatic hydroxyl groups is 1. The van der Waals surface area contributed by atoms with Crippen molar-refractivity contribution in [2.24, 2.45) is 0 Å². The summed E-state index contributed by atoms with van der Waals surface area (Å²) in [6.07, 6.45) is 47.7. The van der Waals surface area contributed by atoms with E-state index in [1.807, 2.05) is 0 Å². The van der Waals surface area contributed by atoms with Crippen molar-refractivity contribution >= 4 is 5.97 Å². The lowest BCUT2D eigenvalue weighted by atomic mass is 10.1. The first kappa shape index (κ1) is 39.6. The molecule has 0 saturated carbocycles. The van der Waals surface area contributed by atoms with Gasteiger partial charge in [0.2, 0.25) is 0 Å². The van der Waals surface area contributed by atoms with E-state index in [0.29, 0.717) is 13.0 Å². The van der Waals surface area contributed by atoms with Crippen molar-refractivity contribution in [3.05, 3.63) is 85.1 Å². The molecule has 1 N–H and O–H groups in total. The number of ether oxygens (including phenoxy) is 2. The lowest BCUT2D eigenvalue weighted by molar-refractivity contribution is -0.154. The van der Waals surface area contributed by atoms with Gasteiger partial charge in [-0.1, -0.05) is 131 Å². The fourth-order valence-corrected chi connectivity index (χ4v) is 3.99. The normalized spacial score (nSPS) is 13.5. The minimum Gasteiger partial charge on any atom is -0.457 e. The van der Waals surface area contributed by atoms with E-state index in [9.17, 15) is 9.90 Å². The van der Waals surface area contributed by atoms with E-state index in [1.54, 1.807) is 0 Å². The molecule has 0 aliphatic rings. The zero-order valence-corrected chi connectivity index (χ0v) is 27.0. The predicted octanol–water partition coefficient (Wildman–Crippen LogP) is 10.5. The molecule has 1 atom stereocenters. The van der Waals surface area contributed by atoms with Gasteiger partial charge in [0.05, 0.1) is 19.8 Å².